The molecule has 6 nitrogen and oxygen atoms in total. The molecule has 2 rings (SSSR count). The maximum Gasteiger partial charge on any atom is 0.278 e. The zero-order chi connectivity index (χ0) is 19.9. The number of likely N-dealkylation sites (N-methyl/N-ethyl adjacent to an activating group) is 1. The van der Waals surface area contributed by atoms with Crippen LogP contribution in [0.3, 0.4) is 0 Å². The molecule has 0 saturated carbocycles. The van der Waals surface area contributed by atoms with Crippen LogP contribution in [-0.2, 0) is 16.1 Å². The molecule has 1 amide bonds. The maximum atomic E-state index is 13.2. The first kappa shape index (κ1) is 19.9. The van der Waals surface area contributed by atoms with E-state index < -0.39 is 29.0 Å². The third-order valence-corrected chi connectivity index (χ3v) is 4.50. The fraction of sp³-hybridized carbons (Fsp3) is 0.389. The number of rotatable bonds is 4. The minimum absolute atomic E-state index is 0.0799. The van der Waals surface area contributed by atoms with Crippen LogP contribution in [0.15, 0.2) is 42.4 Å². The van der Waals surface area contributed by atoms with Crippen molar-refractivity contribution in [3.8, 4) is 0 Å². The van der Waals surface area contributed by atoms with Crippen LogP contribution in [0.5, 0.6) is 0 Å². The summed E-state index contributed by atoms with van der Waals surface area (Å²) >= 11 is 0. The summed E-state index contributed by atoms with van der Waals surface area (Å²) in [4.78, 5) is 14.3. The minimum atomic E-state index is -2.44. The molecule has 8 heteroatoms. The van der Waals surface area contributed by atoms with Gasteiger partial charge in [0.25, 0.3) is 5.91 Å². The Morgan fingerprint density at radius 1 is 1.27 bits per heavy atom. The number of carbonyl (C=O) groups excluding carboxylic acids is 1. The topological polar surface area (TPSA) is 73.2 Å². The summed E-state index contributed by atoms with van der Waals surface area (Å²) in [5, 5.41) is 20.8. The van der Waals surface area contributed by atoms with Crippen LogP contribution in [0, 0.1) is 11.6 Å². The zero-order valence-corrected chi connectivity index (χ0v) is 15.1. The molecule has 1 aliphatic heterocycles. The molecule has 1 heterocycles. The maximum absolute atomic E-state index is 13.2. The number of amides is 1. The van der Waals surface area contributed by atoms with E-state index in [9.17, 15) is 23.8 Å². The lowest BCUT2D eigenvalue weighted by atomic mass is 10.0. The number of carbonyl (C=O) groups is 1. The Kier molecular flexibility index (Phi) is 5.12. The number of nitrogens with zero attached hydrogens (tertiary/aromatic N) is 2. The average Bonchev–Trinajstić information content (AvgIpc) is 2.61. The molecule has 26 heavy (non-hydrogen) atoms. The van der Waals surface area contributed by atoms with Gasteiger partial charge in [0, 0.05) is 26.1 Å². The van der Waals surface area contributed by atoms with Gasteiger partial charge in [0.15, 0.2) is 0 Å². The van der Waals surface area contributed by atoms with Gasteiger partial charge in [0.05, 0.1) is 0 Å². The van der Waals surface area contributed by atoms with Crippen molar-refractivity contribution in [2.75, 3.05) is 7.05 Å². The van der Waals surface area contributed by atoms with Gasteiger partial charge in [-0.3, -0.25) is 4.79 Å². The number of benzene rings is 1. The molecular formula is C18H22F2N2O4. The third-order valence-electron chi connectivity index (χ3n) is 4.50. The van der Waals surface area contributed by atoms with Gasteiger partial charge in [-0.2, -0.15) is 0 Å². The first-order valence-corrected chi connectivity index (χ1v) is 7.85. The lowest BCUT2D eigenvalue weighted by molar-refractivity contribution is -0.267. The van der Waals surface area contributed by atoms with Crippen LogP contribution in [-0.4, -0.2) is 44.4 Å². The van der Waals surface area contributed by atoms with Crippen LogP contribution in [0.2, 0.25) is 0 Å². The predicted octanol–water partition coefficient (Wildman–Crippen LogP) is 2.05. The van der Waals surface area contributed by atoms with Gasteiger partial charge < -0.3 is 19.8 Å². The Balaban J connectivity index is 2.23. The highest BCUT2D eigenvalue weighted by molar-refractivity contribution is 5.76. The number of hydrogen-bond donors (Lipinski definition) is 2. The van der Waals surface area contributed by atoms with Gasteiger partial charge in [-0.1, -0.05) is 6.58 Å². The zero-order valence-electron chi connectivity index (χ0n) is 15.1. The highest BCUT2D eigenvalue weighted by Gasteiger charge is 2.59. The summed E-state index contributed by atoms with van der Waals surface area (Å²) in [6.45, 7) is 7.86. The molecule has 1 saturated heterocycles. The van der Waals surface area contributed by atoms with Crippen molar-refractivity contribution >= 4 is 5.91 Å². The Morgan fingerprint density at radius 3 is 2.31 bits per heavy atom. The van der Waals surface area contributed by atoms with E-state index in [4.69, 9.17) is 4.74 Å². The number of aliphatic hydroxyl groups is 2. The fourth-order valence-electron chi connectivity index (χ4n) is 2.69. The van der Waals surface area contributed by atoms with Crippen LogP contribution in [0.4, 0.5) is 8.78 Å². The highest BCUT2D eigenvalue weighted by atomic mass is 19.1. The van der Waals surface area contributed by atoms with E-state index in [1.54, 1.807) is 20.9 Å². The first-order valence-electron chi connectivity index (χ1n) is 7.85. The third kappa shape index (κ3) is 3.42. The molecule has 0 atom stereocenters. The van der Waals surface area contributed by atoms with E-state index in [2.05, 4.69) is 6.58 Å². The van der Waals surface area contributed by atoms with Crippen molar-refractivity contribution in [3.63, 3.8) is 0 Å². The van der Waals surface area contributed by atoms with Crippen LogP contribution >= 0.6 is 0 Å². The molecule has 1 aliphatic rings. The van der Waals surface area contributed by atoms with E-state index in [1.165, 1.54) is 17.9 Å². The molecule has 1 fully saturated rings. The SMILES string of the molecule is C=C(/C=C1/N(C)C(C)(C)C(O)(O)N1C(C)=O)OCc1cc(F)cc(F)c1. The van der Waals surface area contributed by atoms with E-state index in [-0.39, 0.29) is 23.8 Å². The van der Waals surface area contributed by atoms with Crippen LogP contribution in [0.1, 0.15) is 26.3 Å². The molecule has 0 unspecified atom stereocenters. The molecule has 0 aromatic heterocycles. The monoisotopic (exact) mass is 368 g/mol. The Bertz CT molecular complexity index is 754. The van der Waals surface area contributed by atoms with E-state index in [0.29, 0.717) is 0 Å². The average molecular weight is 368 g/mol. The van der Waals surface area contributed by atoms with E-state index >= 15 is 0 Å². The van der Waals surface area contributed by atoms with E-state index in [1.807, 2.05) is 0 Å². The second-order valence-corrected chi connectivity index (χ2v) is 6.64. The molecule has 0 spiro atoms. The molecular weight excluding hydrogens is 346 g/mol. The van der Waals surface area contributed by atoms with Crippen LogP contribution < -0.4 is 0 Å². The largest absolute Gasteiger partial charge is 0.489 e. The van der Waals surface area contributed by atoms with Crippen molar-refractivity contribution in [2.24, 2.45) is 0 Å². The number of ether oxygens (including phenoxy) is 1. The van der Waals surface area contributed by atoms with Crippen molar-refractivity contribution in [3.05, 3.63) is 59.6 Å². The van der Waals surface area contributed by atoms with Crippen molar-refractivity contribution in [2.45, 2.75) is 38.8 Å². The smallest absolute Gasteiger partial charge is 0.278 e. The molecule has 0 radical (unpaired) electrons. The molecule has 1 aromatic carbocycles. The van der Waals surface area contributed by atoms with Crippen molar-refractivity contribution < 1.29 is 28.5 Å². The fourth-order valence-corrected chi connectivity index (χ4v) is 2.69. The van der Waals surface area contributed by atoms with Crippen molar-refractivity contribution in [1.82, 2.24) is 9.80 Å². The lowest BCUT2D eigenvalue weighted by Gasteiger charge is -2.36. The molecule has 142 valence electrons. The summed E-state index contributed by atoms with van der Waals surface area (Å²) < 4.78 is 31.8. The van der Waals surface area contributed by atoms with Gasteiger partial charge in [-0.25, -0.2) is 13.7 Å². The summed E-state index contributed by atoms with van der Waals surface area (Å²) in [5.74, 6) is -4.22. The normalized spacial score (nSPS) is 19.8. The van der Waals surface area contributed by atoms with Gasteiger partial charge in [0.2, 0.25) is 5.91 Å². The molecule has 0 bridgehead atoms. The highest BCUT2D eigenvalue weighted by Crippen LogP contribution is 2.42. The summed E-state index contributed by atoms with van der Waals surface area (Å²) in [7, 11) is 1.59. The lowest BCUT2D eigenvalue weighted by Crippen LogP contribution is -2.58. The Hall–Kier alpha value is -2.45. The summed E-state index contributed by atoms with van der Waals surface area (Å²) in [6.07, 6.45) is 1.35. The van der Waals surface area contributed by atoms with Crippen LogP contribution in [0.25, 0.3) is 0 Å². The molecule has 2 N–H and O–H groups in total. The Labute approximate surface area is 150 Å². The summed E-state index contributed by atoms with van der Waals surface area (Å²) in [5.41, 5.74) is -0.930. The number of halogens is 2. The van der Waals surface area contributed by atoms with E-state index in [0.717, 1.165) is 23.1 Å². The van der Waals surface area contributed by atoms with Gasteiger partial charge in [0.1, 0.15) is 35.4 Å². The van der Waals surface area contributed by atoms with Gasteiger partial charge >= 0.3 is 0 Å². The second kappa shape index (κ2) is 6.69. The number of hydrogen-bond acceptors (Lipinski definition) is 5. The molecule has 1 aromatic rings. The Morgan fingerprint density at radius 2 is 1.81 bits per heavy atom. The first-order chi connectivity index (χ1) is 11.9. The second-order valence-electron chi connectivity index (χ2n) is 6.64. The van der Waals surface area contributed by atoms with Gasteiger partial charge in [-0.15, -0.1) is 0 Å². The standard InChI is InChI=1S/C18H22F2N2O4/c1-11(26-10-13-7-14(19)9-15(20)8-13)6-16-21(5)17(3,4)18(24,25)22(16)12(2)23/h6-9,24-25H,1,10H2,2-5H3/b16-6-. The van der Waals surface area contributed by atoms with Crippen molar-refractivity contribution in [1.29, 1.82) is 0 Å². The minimum Gasteiger partial charge on any atom is -0.489 e. The quantitative estimate of drug-likeness (QED) is 0.629. The van der Waals surface area contributed by atoms with Gasteiger partial charge in [-0.05, 0) is 31.5 Å². The number of allylic oxidation sites excluding steroid dienone is 1. The summed E-state index contributed by atoms with van der Waals surface area (Å²) in [6, 6.07) is 3.01. The molecule has 0 aliphatic carbocycles. The predicted molar refractivity (Wildman–Crippen MR) is 89.9 cm³/mol.